The maximum absolute atomic E-state index is 12.6. The number of rotatable bonds is 6. The number of piperidine rings is 1. The quantitative estimate of drug-likeness (QED) is 0.870. The van der Waals surface area contributed by atoms with Gasteiger partial charge in [0.1, 0.15) is 6.04 Å². The van der Waals surface area contributed by atoms with E-state index in [1.54, 1.807) is 18.6 Å². The molecule has 0 unspecified atom stereocenters. The van der Waals surface area contributed by atoms with Crippen molar-refractivity contribution in [3.05, 3.63) is 60.2 Å². The third-order valence-electron chi connectivity index (χ3n) is 4.31. The van der Waals surface area contributed by atoms with E-state index in [9.17, 15) is 9.59 Å². The monoisotopic (exact) mass is 338 g/mol. The molecule has 3 rings (SSSR count). The van der Waals surface area contributed by atoms with Gasteiger partial charge in [-0.25, -0.2) is 0 Å². The van der Waals surface area contributed by atoms with Crippen LogP contribution in [0, 0.1) is 0 Å². The number of hydrogen-bond donors (Lipinski definition) is 1. The van der Waals surface area contributed by atoms with E-state index < -0.39 is 6.04 Å². The summed E-state index contributed by atoms with van der Waals surface area (Å²) < 4.78 is 0. The van der Waals surface area contributed by atoms with E-state index >= 15 is 0 Å². The lowest BCUT2D eigenvalue weighted by molar-refractivity contribution is -0.139. The van der Waals surface area contributed by atoms with E-state index in [1.165, 1.54) is 0 Å². The molecule has 2 heterocycles. The Labute approximate surface area is 147 Å². The van der Waals surface area contributed by atoms with Crippen molar-refractivity contribution in [3.8, 4) is 0 Å². The standard InChI is InChI=1S/C19H22N4O2/c24-18(9-8-16-13-20-10-11-21-16)22-17-7-4-12-23(19(17)25)14-15-5-2-1-3-6-15/h1-3,5-6,10-11,13,17H,4,7-9,12,14H2,(H,22,24)/t17-/m1/s1. The lowest BCUT2D eigenvalue weighted by Crippen LogP contribution is -2.51. The Morgan fingerprint density at radius 1 is 1.24 bits per heavy atom. The van der Waals surface area contributed by atoms with Crippen LogP contribution in [0.4, 0.5) is 0 Å². The summed E-state index contributed by atoms with van der Waals surface area (Å²) in [6.07, 6.45) is 7.29. The van der Waals surface area contributed by atoms with Crippen molar-refractivity contribution in [1.82, 2.24) is 20.2 Å². The second kappa shape index (κ2) is 8.37. The van der Waals surface area contributed by atoms with Crippen LogP contribution in [0.15, 0.2) is 48.9 Å². The fraction of sp³-hybridized carbons (Fsp3) is 0.368. The summed E-state index contributed by atoms with van der Waals surface area (Å²) in [6, 6.07) is 9.49. The van der Waals surface area contributed by atoms with Gasteiger partial charge in [-0.3, -0.25) is 19.6 Å². The van der Waals surface area contributed by atoms with Crippen LogP contribution in [0.5, 0.6) is 0 Å². The highest BCUT2D eigenvalue weighted by Gasteiger charge is 2.29. The minimum absolute atomic E-state index is 0.00274. The molecule has 0 bridgehead atoms. The number of hydrogen-bond acceptors (Lipinski definition) is 4. The zero-order valence-electron chi connectivity index (χ0n) is 14.1. The second-order valence-electron chi connectivity index (χ2n) is 6.20. The van der Waals surface area contributed by atoms with E-state index in [0.29, 0.717) is 25.8 Å². The van der Waals surface area contributed by atoms with E-state index in [1.807, 2.05) is 35.2 Å². The van der Waals surface area contributed by atoms with Crippen molar-refractivity contribution in [2.45, 2.75) is 38.3 Å². The summed E-state index contributed by atoms with van der Waals surface area (Å²) >= 11 is 0. The Kier molecular flexibility index (Phi) is 5.72. The van der Waals surface area contributed by atoms with Crippen LogP contribution in [0.1, 0.15) is 30.5 Å². The molecule has 25 heavy (non-hydrogen) atoms. The first-order valence-corrected chi connectivity index (χ1v) is 8.59. The predicted molar refractivity (Wildman–Crippen MR) is 93.4 cm³/mol. The SMILES string of the molecule is O=C(CCc1cnccn1)N[C@@H]1CCCN(Cc2ccccc2)C1=O. The number of carbonyl (C=O) groups is 2. The first-order valence-electron chi connectivity index (χ1n) is 8.59. The van der Waals surface area contributed by atoms with Gasteiger partial charge in [-0.1, -0.05) is 30.3 Å². The molecule has 1 fully saturated rings. The minimum Gasteiger partial charge on any atom is -0.344 e. The average Bonchev–Trinajstić information content (AvgIpc) is 2.65. The lowest BCUT2D eigenvalue weighted by Gasteiger charge is -2.32. The molecule has 0 saturated carbocycles. The molecular weight excluding hydrogens is 316 g/mol. The van der Waals surface area contributed by atoms with E-state index in [2.05, 4.69) is 15.3 Å². The van der Waals surface area contributed by atoms with Crippen molar-refractivity contribution >= 4 is 11.8 Å². The molecule has 0 radical (unpaired) electrons. The number of aromatic nitrogens is 2. The number of likely N-dealkylation sites (tertiary alicyclic amines) is 1. The highest BCUT2D eigenvalue weighted by Crippen LogP contribution is 2.15. The van der Waals surface area contributed by atoms with Gasteiger partial charge in [0.05, 0.1) is 5.69 Å². The summed E-state index contributed by atoms with van der Waals surface area (Å²) in [4.78, 5) is 34.8. The van der Waals surface area contributed by atoms with Gasteiger partial charge < -0.3 is 10.2 Å². The van der Waals surface area contributed by atoms with Crippen molar-refractivity contribution < 1.29 is 9.59 Å². The molecule has 6 nitrogen and oxygen atoms in total. The molecule has 0 aliphatic carbocycles. The maximum atomic E-state index is 12.6. The van der Waals surface area contributed by atoms with Crippen LogP contribution >= 0.6 is 0 Å². The van der Waals surface area contributed by atoms with Crippen molar-refractivity contribution in [2.75, 3.05) is 6.54 Å². The summed E-state index contributed by atoms with van der Waals surface area (Å²) in [6.45, 7) is 1.32. The summed E-state index contributed by atoms with van der Waals surface area (Å²) in [5, 5.41) is 2.88. The number of aryl methyl sites for hydroxylation is 1. The van der Waals surface area contributed by atoms with Crippen molar-refractivity contribution in [2.24, 2.45) is 0 Å². The third-order valence-corrected chi connectivity index (χ3v) is 4.31. The number of nitrogens with one attached hydrogen (secondary N) is 1. The molecule has 1 aromatic heterocycles. The number of carbonyl (C=O) groups excluding carboxylic acids is 2. The molecule has 1 aliphatic heterocycles. The number of nitrogens with zero attached hydrogens (tertiary/aromatic N) is 3. The topological polar surface area (TPSA) is 75.2 Å². The largest absolute Gasteiger partial charge is 0.344 e. The Hall–Kier alpha value is -2.76. The highest BCUT2D eigenvalue weighted by molar-refractivity contribution is 5.88. The first kappa shape index (κ1) is 17.1. The van der Waals surface area contributed by atoms with Crippen LogP contribution in [0.2, 0.25) is 0 Å². The van der Waals surface area contributed by atoms with Gasteiger partial charge in [0, 0.05) is 38.1 Å². The van der Waals surface area contributed by atoms with Gasteiger partial charge in [0.25, 0.3) is 0 Å². The Balaban J connectivity index is 1.51. The van der Waals surface area contributed by atoms with Crippen LogP contribution in [0.25, 0.3) is 0 Å². The number of amides is 2. The third kappa shape index (κ3) is 4.86. The molecule has 1 N–H and O–H groups in total. The molecule has 1 aromatic carbocycles. The van der Waals surface area contributed by atoms with Gasteiger partial charge in [-0.15, -0.1) is 0 Å². The molecule has 2 aromatic rings. The van der Waals surface area contributed by atoms with Crippen LogP contribution in [-0.2, 0) is 22.6 Å². The minimum atomic E-state index is -0.424. The molecule has 1 saturated heterocycles. The Morgan fingerprint density at radius 3 is 2.84 bits per heavy atom. The van der Waals surface area contributed by atoms with Crippen LogP contribution < -0.4 is 5.32 Å². The summed E-state index contributed by atoms with van der Waals surface area (Å²) in [5.74, 6) is -0.117. The number of benzene rings is 1. The van der Waals surface area contributed by atoms with E-state index in [0.717, 1.165) is 24.2 Å². The summed E-state index contributed by atoms with van der Waals surface area (Å²) in [5.41, 5.74) is 1.88. The second-order valence-corrected chi connectivity index (χ2v) is 6.20. The molecule has 130 valence electrons. The van der Waals surface area contributed by atoms with Crippen LogP contribution in [-0.4, -0.2) is 39.3 Å². The Bertz CT molecular complexity index is 706. The molecule has 2 amide bonds. The first-order chi connectivity index (χ1) is 12.2. The highest BCUT2D eigenvalue weighted by atomic mass is 16.2. The lowest BCUT2D eigenvalue weighted by atomic mass is 10.0. The van der Waals surface area contributed by atoms with Gasteiger partial charge in [0.15, 0.2) is 0 Å². The van der Waals surface area contributed by atoms with E-state index in [-0.39, 0.29) is 11.8 Å². The smallest absolute Gasteiger partial charge is 0.245 e. The fourth-order valence-corrected chi connectivity index (χ4v) is 3.00. The fourth-order valence-electron chi connectivity index (χ4n) is 3.00. The Morgan fingerprint density at radius 2 is 2.08 bits per heavy atom. The van der Waals surface area contributed by atoms with Crippen molar-refractivity contribution in [3.63, 3.8) is 0 Å². The maximum Gasteiger partial charge on any atom is 0.245 e. The predicted octanol–water partition coefficient (Wildman–Crippen LogP) is 1.72. The van der Waals surface area contributed by atoms with Gasteiger partial charge in [0.2, 0.25) is 11.8 Å². The van der Waals surface area contributed by atoms with Gasteiger partial charge >= 0.3 is 0 Å². The molecular formula is C19H22N4O2. The summed E-state index contributed by atoms with van der Waals surface area (Å²) in [7, 11) is 0. The van der Waals surface area contributed by atoms with E-state index in [4.69, 9.17) is 0 Å². The molecule has 1 atom stereocenters. The van der Waals surface area contributed by atoms with Crippen molar-refractivity contribution in [1.29, 1.82) is 0 Å². The normalized spacial score (nSPS) is 17.4. The molecule has 0 spiro atoms. The molecule has 1 aliphatic rings. The van der Waals surface area contributed by atoms with Gasteiger partial charge in [-0.2, -0.15) is 0 Å². The molecule has 6 heteroatoms. The average molecular weight is 338 g/mol. The zero-order chi connectivity index (χ0) is 17.5. The van der Waals surface area contributed by atoms with Gasteiger partial charge in [-0.05, 0) is 24.8 Å². The zero-order valence-corrected chi connectivity index (χ0v) is 14.1. The van der Waals surface area contributed by atoms with Crippen LogP contribution in [0.3, 0.4) is 0 Å².